The van der Waals surface area contributed by atoms with Crippen LogP contribution in [0.4, 0.5) is 18.9 Å². The van der Waals surface area contributed by atoms with Crippen LogP contribution in [0.25, 0.3) is 0 Å². The quantitative estimate of drug-likeness (QED) is 0.652. The van der Waals surface area contributed by atoms with Gasteiger partial charge in [-0.15, -0.1) is 0 Å². The first kappa shape index (κ1) is 23.9. The monoisotopic (exact) mass is 453 g/mol. The van der Waals surface area contributed by atoms with Crippen LogP contribution in [0.5, 0.6) is 11.5 Å². The second-order valence-electron chi connectivity index (χ2n) is 8.12. The molecule has 0 bridgehead atoms. The maximum absolute atomic E-state index is 13.5. The molecule has 1 aliphatic heterocycles. The largest absolute Gasteiger partial charge is 0.497 e. The van der Waals surface area contributed by atoms with Gasteiger partial charge in [-0.3, -0.25) is 4.79 Å². The highest BCUT2D eigenvalue weighted by Gasteiger charge is 2.40. The van der Waals surface area contributed by atoms with E-state index < -0.39 is 35.5 Å². The van der Waals surface area contributed by atoms with E-state index in [2.05, 4.69) is 5.32 Å². The third-order valence-corrected chi connectivity index (χ3v) is 4.95. The summed E-state index contributed by atoms with van der Waals surface area (Å²) in [6, 6.07) is 10.6. The van der Waals surface area contributed by atoms with Gasteiger partial charge >= 0.3 is 6.18 Å². The van der Waals surface area contributed by atoms with Crippen molar-refractivity contribution in [2.45, 2.75) is 39.3 Å². The molecule has 0 aromatic heterocycles. The molecule has 2 aromatic carbocycles. The number of rotatable bonds is 6. The molecular weight excluding hydrogens is 427 g/mol. The third kappa shape index (κ3) is 5.52. The Morgan fingerprint density at radius 3 is 2.28 bits per heavy atom. The van der Waals surface area contributed by atoms with Crippen LogP contribution in [-0.4, -0.2) is 32.3 Å². The van der Waals surface area contributed by atoms with Crippen LogP contribution in [0.3, 0.4) is 0 Å². The van der Waals surface area contributed by atoms with Crippen molar-refractivity contribution in [1.29, 1.82) is 0 Å². The first-order valence-corrected chi connectivity index (χ1v) is 10.1. The maximum atomic E-state index is 13.5. The van der Waals surface area contributed by atoms with Crippen LogP contribution in [0, 0.1) is 5.41 Å². The highest BCUT2D eigenvalue weighted by Crippen LogP contribution is 2.39. The molecule has 1 saturated heterocycles. The molecule has 32 heavy (non-hydrogen) atoms. The minimum absolute atomic E-state index is 0.0110. The van der Waals surface area contributed by atoms with Crippen molar-refractivity contribution >= 4 is 11.6 Å². The molecule has 1 fully saturated rings. The summed E-state index contributed by atoms with van der Waals surface area (Å²) < 4.78 is 62.2. The molecular formula is C23H26F3NO5. The van der Waals surface area contributed by atoms with Gasteiger partial charge in [-0.05, 0) is 51.1 Å². The zero-order chi connectivity index (χ0) is 23.5. The number of ether oxygens (including phenoxy) is 4. The fourth-order valence-electron chi connectivity index (χ4n) is 3.16. The summed E-state index contributed by atoms with van der Waals surface area (Å²) in [7, 11) is 1.56. The molecule has 0 aliphatic carbocycles. The van der Waals surface area contributed by atoms with Crippen LogP contribution in [0.15, 0.2) is 42.5 Å². The third-order valence-electron chi connectivity index (χ3n) is 4.95. The Bertz CT molecular complexity index is 936. The highest BCUT2D eigenvalue weighted by atomic mass is 19.4. The number of benzene rings is 2. The lowest BCUT2D eigenvalue weighted by Gasteiger charge is -2.36. The van der Waals surface area contributed by atoms with Crippen molar-refractivity contribution in [1.82, 2.24) is 0 Å². The molecule has 6 nitrogen and oxygen atoms in total. The number of hydrogen-bond donors (Lipinski definition) is 1. The average molecular weight is 453 g/mol. The van der Waals surface area contributed by atoms with E-state index in [1.165, 1.54) is 12.1 Å². The van der Waals surface area contributed by atoms with Crippen molar-refractivity contribution in [3.05, 3.63) is 53.6 Å². The average Bonchev–Trinajstić information content (AvgIpc) is 2.74. The molecule has 174 valence electrons. The van der Waals surface area contributed by atoms with Gasteiger partial charge in [0, 0.05) is 11.3 Å². The van der Waals surface area contributed by atoms with E-state index in [1.54, 1.807) is 52.1 Å². The second kappa shape index (κ2) is 9.38. The lowest BCUT2D eigenvalue weighted by molar-refractivity contribution is -0.226. The van der Waals surface area contributed by atoms with Crippen LogP contribution in [0.2, 0.25) is 0 Å². The lowest BCUT2D eigenvalue weighted by Crippen LogP contribution is -2.45. The first-order chi connectivity index (χ1) is 15.0. The van der Waals surface area contributed by atoms with E-state index in [9.17, 15) is 18.0 Å². The summed E-state index contributed by atoms with van der Waals surface area (Å²) in [5.41, 5.74) is -1.25. The van der Waals surface area contributed by atoms with E-state index >= 15 is 0 Å². The summed E-state index contributed by atoms with van der Waals surface area (Å²) in [5.74, 6) is -0.100. The number of anilines is 1. The molecule has 1 heterocycles. The standard InChI is InChI=1S/C23H26F3NO5/c1-14(2)32-19-10-7-16(11-18(19)23(24,25)26)27-21(28)22(3)12-30-20(31-13-22)15-5-8-17(29-4)9-6-15/h5-11,14,20H,12-13H2,1-4H3,(H,27,28). The zero-order valence-electron chi connectivity index (χ0n) is 18.3. The Labute approximate surface area is 184 Å². The van der Waals surface area contributed by atoms with Gasteiger partial charge in [0.1, 0.15) is 11.5 Å². The van der Waals surface area contributed by atoms with Crippen molar-refractivity contribution < 1.29 is 36.9 Å². The number of amides is 1. The zero-order valence-corrected chi connectivity index (χ0v) is 18.3. The van der Waals surface area contributed by atoms with Crippen molar-refractivity contribution in [3.8, 4) is 11.5 Å². The molecule has 1 amide bonds. The minimum atomic E-state index is -4.63. The molecule has 0 saturated carbocycles. The predicted octanol–water partition coefficient (Wildman–Crippen LogP) is 5.19. The molecule has 3 rings (SSSR count). The van der Waals surface area contributed by atoms with Gasteiger partial charge in [-0.2, -0.15) is 13.2 Å². The molecule has 2 aromatic rings. The molecule has 0 atom stereocenters. The Morgan fingerprint density at radius 1 is 1.12 bits per heavy atom. The van der Waals surface area contributed by atoms with Crippen LogP contribution < -0.4 is 14.8 Å². The SMILES string of the molecule is COc1ccc(C2OCC(C)(C(=O)Nc3ccc(OC(C)C)c(C(F)(F)F)c3)CO2)cc1. The normalized spacial score (nSPS) is 21.3. The van der Waals surface area contributed by atoms with Gasteiger partial charge in [-0.25, -0.2) is 0 Å². The number of carbonyl (C=O) groups is 1. The highest BCUT2D eigenvalue weighted by molar-refractivity contribution is 5.95. The lowest BCUT2D eigenvalue weighted by atomic mass is 9.90. The molecule has 0 spiro atoms. The van der Waals surface area contributed by atoms with Crippen molar-refractivity contribution in [3.63, 3.8) is 0 Å². The van der Waals surface area contributed by atoms with E-state index in [0.29, 0.717) is 5.75 Å². The molecule has 1 N–H and O–H groups in total. The molecule has 9 heteroatoms. The number of hydrogen-bond acceptors (Lipinski definition) is 5. The van der Waals surface area contributed by atoms with E-state index in [-0.39, 0.29) is 24.7 Å². The summed E-state index contributed by atoms with van der Waals surface area (Å²) in [6.07, 6.45) is -5.70. The Balaban J connectivity index is 1.69. The molecule has 1 aliphatic rings. The van der Waals surface area contributed by atoms with E-state index in [1.807, 2.05) is 0 Å². The fourth-order valence-corrected chi connectivity index (χ4v) is 3.16. The Kier molecular flexibility index (Phi) is 7.00. The summed E-state index contributed by atoms with van der Waals surface area (Å²) in [5, 5.41) is 2.54. The van der Waals surface area contributed by atoms with Gasteiger partial charge in [-0.1, -0.05) is 12.1 Å². The summed E-state index contributed by atoms with van der Waals surface area (Å²) >= 11 is 0. The number of alkyl halides is 3. The van der Waals surface area contributed by atoms with Gasteiger partial charge in [0.05, 0.1) is 37.4 Å². The van der Waals surface area contributed by atoms with Gasteiger partial charge < -0.3 is 24.3 Å². The predicted molar refractivity (Wildman–Crippen MR) is 112 cm³/mol. The fraction of sp³-hybridized carbons (Fsp3) is 0.435. The van der Waals surface area contributed by atoms with Crippen LogP contribution >= 0.6 is 0 Å². The number of nitrogens with one attached hydrogen (secondary N) is 1. The smallest absolute Gasteiger partial charge is 0.420 e. The van der Waals surface area contributed by atoms with E-state index in [4.69, 9.17) is 18.9 Å². The van der Waals surface area contributed by atoms with Crippen molar-refractivity contribution in [2.24, 2.45) is 5.41 Å². The summed E-state index contributed by atoms with van der Waals surface area (Å²) in [4.78, 5) is 12.8. The summed E-state index contributed by atoms with van der Waals surface area (Å²) in [6.45, 7) is 4.98. The van der Waals surface area contributed by atoms with Crippen LogP contribution in [-0.2, 0) is 20.4 Å². The maximum Gasteiger partial charge on any atom is 0.420 e. The molecule has 0 radical (unpaired) electrons. The van der Waals surface area contributed by atoms with Gasteiger partial charge in [0.15, 0.2) is 6.29 Å². The number of methoxy groups -OCH3 is 1. The van der Waals surface area contributed by atoms with E-state index in [0.717, 1.165) is 11.6 Å². The van der Waals surface area contributed by atoms with Crippen LogP contribution in [0.1, 0.15) is 38.2 Å². The Morgan fingerprint density at radius 2 is 1.75 bits per heavy atom. The number of halogens is 3. The topological polar surface area (TPSA) is 66.0 Å². The molecule has 0 unspecified atom stereocenters. The Hall–Kier alpha value is -2.78. The van der Waals surface area contributed by atoms with Gasteiger partial charge in [0.25, 0.3) is 0 Å². The first-order valence-electron chi connectivity index (χ1n) is 10.1. The van der Waals surface area contributed by atoms with Gasteiger partial charge in [0.2, 0.25) is 5.91 Å². The number of carbonyl (C=O) groups excluding carboxylic acids is 1. The minimum Gasteiger partial charge on any atom is -0.497 e. The second-order valence-corrected chi connectivity index (χ2v) is 8.12. The van der Waals surface area contributed by atoms with Crippen molar-refractivity contribution in [2.75, 3.05) is 25.6 Å².